The average molecular weight is 518 g/mol. The van der Waals surface area contributed by atoms with E-state index < -0.39 is 0 Å². The highest BCUT2D eigenvalue weighted by Crippen LogP contribution is 2.51. The molecule has 39 heavy (non-hydrogen) atoms. The number of nitrogens with zero attached hydrogens (tertiary/aromatic N) is 1. The van der Waals surface area contributed by atoms with Crippen molar-refractivity contribution in [1.82, 2.24) is 0 Å². The van der Waals surface area contributed by atoms with Crippen LogP contribution in [0.4, 0.5) is 17.1 Å². The minimum absolute atomic E-state index is 0.128. The maximum atomic E-state index is 13.0. The molecule has 1 aliphatic heterocycles. The lowest BCUT2D eigenvalue weighted by Gasteiger charge is -2.33. The number of carbonyl (C=O) groups excluding carboxylic acids is 1. The SMILES string of the molecule is O=C1c2ccccc2Cc2cc(-c3ccc4cc(N5c6ccccc6Sc6ccccc65)ccc4c3)ccc21. The second-order valence-corrected chi connectivity index (χ2v) is 11.2. The van der Waals surface area contributed by atoms with Crippen molar-refractivity contribution in [3.05, 3.63) is 150 Å². The third-order valence-corrected chi connectivity index (χ3v) is 8.97. The van der Waals surface area contributed by atoms with E-state index in [1.165, 1.54) is 31.9 Å². The molecule has 2 aliphatic rings. The zero-order valence-electron chi connectivity index (χ0n) is 21.1. The highest BCUT2D eigenvalue weighted by atomic mass is 32.2. The summed E-state index contributed by atoms with van der Waals surface area (Å²) < 4.78 is 0. The van der Waals surface area contributed by atoms with Gasteiger partial charge in [0.25, 0.3) is 0 Å². The van der Waals surface area contributed by atoms with Crippen LogP contribution in [-0.4, -0.2) is 5.78 Å². The van der Waals surface area contributed by atoms with Crippen LogP contribution in [0.1, 0.15) is 27.0 Å². The largest absolute Gasteiger partial charge is 0.308 e. The lowest BCUT2D eigenvalue weighted by atomic mass is 9.83. The number of fused-ring (bicyclic) bond motifs is 5. The molecule has 0 N–H and O–H groups in total. The van der Waals surface area contributed by atoms with Crippen molar-refractivity contribution in [2.24, 2.45) is 0 Å². The molecule has 184 valence electrons. The number of ketones is 1. The Morgan fingerprint density at radius 3 is 1.97 bits per heavy atom. The average Bonchev–Trinajstić information content (AvgIpc) is 2.99. The first-order valence-corrected chi connectivity index (χ1v) is 14.0. The predicted octanol–water partition coefficient (Wildman–Crippen LogP) is 9.58. The normalized spacial score (nSPS) is 13.4. The number of rotatable bonds is 2. The van der Waals surface area contributed by atoms with Gasteiger partial charge >= 0.3 is 0 Å². The summed E-state index contributed by atoms with van der Waals surface area (Å²) in [6.45, 7) is 0. The van der Waals surface area contributed by atoms with Crippen molar-refractivity contribution in [2.45, 2.75) is 16.2 Å². The monoisotopic (exact) mass is 517 g/mol. The molecule has 6 aromatic rings. The van der Waals surface area contributed by atoms with Gasteiger partial charge in [0.15, 0.2) is 5.78 Å². The van der Waals surface area contributed by atoms with E-state index in [9.17, 15) is 4.79 Å². The molecule has 1 heterocycles. The predicted molar refractivity (Wildman–Crippen MR) is 161 cm³/mol. The number of carbonyl (C=O) groups is 1. The maximum Gasteiger partial charge on any atom is 0.193 e. The van der Waals surface area contributed by atoms with E-state index in [0.717, 1.165) is 45.5 Å². The summed E-state index contributed by atoms with van der Waals surface area (Å²) in [4.78, 5) is 17.9. The van der Waals surface area contributed by atoms with Crippen LogP contribution in [0.5, 0.6) is 0 Å². The molecule has 0 saturated carbocycles. The van der Waals surface area contributed by atoms with Crippen molar-refractivity contribution < 1.29 is 4.79 Å². The van der Waals surface area contributed by atoms with Gasteiger partial charge in [-0.1, -0.05) is 96.7 Å². The van der Waals surface area contributed by atoms with Crippen LogP contribution in [0, 0.1) is 0 Å². The van der Waals surface area contributed by atoms with E-state index >= 15 is 0 Å². The van der Waals surface area contributed by atoms with Gasteiger partial charge in [0.1, 0.15) is 0 Å². The van der Waals surface area contributed by atoms with Gasteiger partial charge in [-0.2, -0.15) is 0 Å². The van der Waals surface area contributed by atoms with E-state index in [-0.39, 0.29) is 5.78 Å². The molecule has 0 unspecified atom stereocenters. The van der Waals surface area contributed by atoms with E-state index in [0.29, 0.717) is 0 Å². The topological polar surface area (TPSA) is 20.3 Å². The van der Waals surface area contributed by atoms with Crippen LogP contribution >= 0.6 is 11.8 Å². The molecule has 0 atom stereocenters. The number of anilines is 3. The molecule has 3 heteroatoms. The standard InChI is InChI=1S/C36H23NOS/c38-36-30-8-2-1-7-27(30)21-28-20-25(16-18-31(28)36)23-13-14-26-22-29(17-15-24(26)19-23)37-32-9-3-5-11-34(32)39-35-12-6-4-10-33(35)37/h1-20,22H,21H2. The van der Waals surface area contributed by atoms with Gasteiger partial charge in [0.2, 0.25) is 0 Å². The number of benzene rings is 6. The highest BCUT2D eigenvalue weighted by molar-refractivity contribution is 7.99. The lowest BCUT2D eigenvalue weighted by Crippen LogP contribution is -2.14. The fraction of sp³-hybridized carbons (Fsp3) is 0.0278. The van der Waals surface area contributed by atoms with Gasteiger partial charge in [0.05, 0.1) is 11.4 Å². The molecular weight excluding hydrogens is 494 g/mol. The second-order valence-electron chi connectivity index (χ2n) is 10.2. The van der Waals surface area contributed by atoms with Crippen LogP contribution in [0.25, 0.3) is 21.9 Å². The Kier molecular flexibility index (Phi) is 5.01. The first-order chi connectivity index (χ1) is 19.2. The highest BCUT2D eigenvalue weighted by Gasteiger charge is 2.25. The zero-order chi connectivity index (χ0) is 25.9. The zero-order valence-corrected chi connectivity index (χ0v) is 21.9. The van der Waals surface area contributed by atoms with Crippen LogP contribution in [0.3, 0.4) is 0 Å². The van der Waals surface area contributed by atoms with Gasteiger partial charge in [-0.3, -0.25) is 4.79 Å². The van der Waals surface area contributed by atoms with Crippen molar-refractivity contribution in [3.63, 3.8) is 0 Å². The van der Waals surface area contributed by atoms with E-state index in [4.69, 9.17) is 0 Å². The molecule has 8 rings (SSSR count). The molecule has 2 nitrogen and oxygen atoms in total. The first-order valence-electron chi connectivity index (χ1n) is 13.2. The summed E-state index contributed by atoms with van der Waals surface area (Å²) in [6.07, 6.45) is 0.791. The van der Waals surface area contributed by atoms with Crippen molar-refractivity contribution in [1.29, 1.82) is 0 Å². The van der Waals surface area contributed by atoms with Crippen LogP contribution < -0.4 is 4.90 Å². The fourth-order valence-corrected chi connectivity index (χ4v) is 6.98. The Morgan fingerprint density at radius 1 is 0.538 bits per heavy atom. The van der Waals surface area contributed by atoms with Gasteiger partial charge < -0.3 is 4.90 Å². The summed E-state index contributed by atoms with van der Waals surface area (Å²) in [7, 11) is 0. The molecule has 6 aromatic carbocycles. The second kappa shape index (κ2) is 8.72. The van der Waals surface area contributed by atoms with Crippen molar-refractivity contribution >= 4 is 45.4 Å². The lowest BCUT2D eigenvalue weighted by molar-refractivity contribution is 0.103. The molecule has 0 bridgehead atoms. The Bertz CT molecular complexity index is 1910. The van der Waals surface area contributed by atoms with E-state index in [1.54, 1.807) is 0 Å². The molecule has 0 aromatic heterocycles. The minimum atomic E-state index is 0.128. The quantitative estimate of drug-likeness (QED) is 0.228. The first kappa shape index (κ1) is 22.4. The summed E-state index contributed by atoms with van der Waals surface area (Å²) in [6, 6.07) is 44.8. The molecule has 0 amide bonds. The summed E-state index contributed by atoms with van der Waals surface area (Å²) in [5.74, 6) is 0.128. The third kappa shape index (κ3) is 3.62. The van der Waals surface area contributed by atoms with E-state index in [1.807, 2.05) is 36.0 Å². The van der Waals surface area contributed by atoms with Crippen molar-refractivity contribution in [2.75, 3.05) is 4.90 Å². The van der Waals surface area contributed by atoms with Gasteiger partial charge in [0, 0.05) is 26.6 Å². The number of para-hydroxylation sites is 2. The maximum absolute atomic E-state index is 13.0. The molecule has 0 radical (unpaired) electrons. The van der Waals surface area contributed by atoms with Crippen molar-refractivity contribution in [3.8, 4) is 11.1 Å². The van der Waals surface area contributed by atoms with Crippen LogP contribution in [0.2, 0.25) is 0 Å². The molecule has 0 saturated heterocycles. The Hall–Kier alpha value is -4.60. The number of hydrogen-bond acceptors (Lipinski definition) is 3. The summed E-state index contributed by atoms with van der Waals surface area (Å²) in [5.41, 5.74) is 9.74. The molecule has 0 fully saturated rings. The fourth-order valence-electron chi connectivity index (χ4n) is 5.92. The van der Waals surface area contributed by atoms with Gasteiger partial charge in [-0.05, 0) is 81.9 Å². The molecular formula is C36H23NOS. The third-order valence-electron chi connectivity index (χ3n) is 7.84. The minimum Gasteiger partial charge on any atom is -0.308 e. The van der Waals surface area contributed by atoms with E-state index in [2.05, 4.69) is 108 Å². The summed E-state index contributed by atoms with van der Waals surface area (Å²) in [5, 5.41) is 2.40. The smallest absolute Gasteiger partial charge is 0.193 e. The van der Waals surface area contributed by atoms with Crippen LogP contribution in [0.15, 0.2) is 137 Å². The van der Waals surface area contributed by atoms with Gasteiger partial charge in [-0.15, -0.1) is 0 Å². The Labute approximate surface area is 231 Å². The summed E-state index contributed by atoms with van der Waals surface area (Å²) >= 11 is 1.83. The molecule has 0 spiro atoms. The van der Waals surface area contributed by atoms with Crippen LogP contribution in [-0.2, 0) is 6.42 Å². The Balaban J connectivity index is 1.18. The Morgan fingerprint density at radius 2 is 1.15 bits per heavy atom. The number of hydrogen-bond donors (Lipinski definition) is 0. The van der Waals surface area contributed by atoms with Gasteiger partial charge in [-0.25, -0.2) is 0 Å². The molecule has 1 aliphatic carbocycles.